The van der Waals surface area contributed by atoms with Crippen LogP contribution in [-0.2, 0) is 14.3 Å². The summed E-state index contributed by atoms with van der Waals surface area (Å²) in [7, 11) is 1.93. The van der Waals surface area contributed by atoms with Crippen LogP contribution >= 0.6 is 0 Å². The van der Waals surface area contributed by atoms with Crippen LogP contribution in [0.5, 0.6) is 0 Å². The highest BCUT2D eigenvalue weighted by Crippen LogP contribution is 1.99. The van der Waals surface area contributed by atoms with E-state index in [-0.39, 0.29) is 0 Å². The van der Waals surface area contributed by atoms with E-state index in [9.17, 15) is 4.79 Å². The maximum Gasteiger partial charge on any atom is 0.331 e. The zero-order valence-electron chi connectivity index (χ0n) is 25.5. The molecule has 0 aromatic rings. The molecule has 0 saturated carbocycles. The normalized spacial score (nSPS) is 10.1. The molecule has 214 valence electrons. The first-order chi connectivity index (χ1) is 17.6. The number of aliphatic carboxylic acids is 1. The van der Waals surface area contributed by atoms with E-state index in [4.69, 9.17) is 14.6 Å². The van der Waals surface area contributed by atoms with Crippen LogP contribution < -0.4 is 5.32 Å². The molecule has 0 bridgehead atoms. The Morgan fingerprint density at radius 1 is 0.946 bits per heavy atom. The fraction of sp³-hybridized carbons (Fsp3) is 0.469. The van der Waals surface area contributed by atoms with Crippen molar-refractivity contribution in [3.8, 4) is 0 Å². The van der Waals surface area contributed by atoms with E-state index in [0.29, 0.717) is 12.2 Å². The van der Waals surface area contributed by atoms with E-state index < -0.39 is 5.97 Å². The van der Waals surface area contributed by atoms with Gasteiger partial charge in [-0.25, -0.2) is 4.79 Å². The Kier molecular flexibility index (Phi) is 47.7. The first kappa shape index (κ1) is 44.0. The molecule has 2 N–H and O–H groups in total. The van der Waals surface area contributed by atoms with Gasteiger partial charge in [-0.05, 0) is 73.5 Å². The van der Waals surface area contributed by atoms with Crippen molar-refractivity contribution in [2.45, 2.75) is 75.2 Å². The van der Waals surface area contributed by atoms with E-state index in [2.05, 4.69) is 51.1 Å². The van der Waals surface area contributed by atoms with Crippen LogP contribution in [0.25, 0.3) is 0 Å². The van der Waals surface area contributed by atoms with Crippen LogP contribution in [0, 0.1) is 0 Å². The lowest BCUT2D eigenvalue weighted by Crippen LogP contribution is -2.04. The highest BCUT2D eigenvalue weighted by molar-refractivity contribution is 5.86. The van der Waals surface area contributed by atoms with Gasteiger partial charge in [-0.2, -0.15) is 0 Å². The maximum absolute atomic E-state index is 9.97. The molecule has 0 fully saturated rings. The SMILES string of the molecule is C/C=C\C(NC)=C(C)C.C=C/C=C(\C)C(=O)O.C=CC.C=CCCOC/C=C(\C)OCC/C=C\C.CC. The molecule has 0 aromatic carbocycles. The first-order valence-electron chi connectivity index (χ1n) is 12.8. The number of rotatable bonds is 13. The third-order valence-corrected chi connectivity index (χ3v) is 3.65. The minimum absolute atomic E-state index is 0.306. The number of allylic oxidation sites excluding steroid dienone is 8. The van der Waals surface area contributed by atoms with E-state index in [1.165, 1.54) is 30.3 Å². The van der Waals surface area contributed by atoms with Gasteiger partial charge in [0.1, 0.15) is 0 Å². The van der Waals surface area contributed by atoms with Crippen molar-refractivity contribution >= 4 is 5.97 Å². The van der Waals surface area contributed by atoms with E-state index >= 15 is 0 Å². The molecular formula is C32H57NO4. The highest BCUT2D eigenvalue weighted by Gasteiger charge is 1.94. The smallest absolute Gasteiger partial charge is 0.331 e. The Morgan fingerprint density at radius 2 is 1.51 bits per heavy atom. The summed E-state index contributed by atoms with van der Waals surface area (Å²) in [6, 6.07) is 0. The van der Waals surface area contributed by atoms with Gasteiger partial charge in [0.05, 0.1) is 25.6 Å². The topological polar surface area (TPSA) is 67.8 Å². The summed E-state index contributed by atoms with van der Waals surface area (Å²) in [5, 5.41) is 11.3. The third-order valence-electron chi connectivity index (χ3n) is 3.65. The van der Waals surface area contributed by atoms with Crippen molar-refractivity contribution in [1.29, 1.82) is 0 Å². The second-order valence-electron chi connectivity index (χ2n) is 7.14. The summed E-state index contributed by atoms with van der Waals surface area (Å²) in [6.45, 7) is 30.0. The van der Waals surface area contributed by atoms with Gasteiger partial charge in [-0.15, -0.1) is 13.2 Å². The highest BCUT2D eigenvalue weighted by atomic mass is 16.5. The predicted molar refractivity (Wildman–Crippen MR) is 166 cm³/mol. The fourth-order valence-electron chi connectivity index (χ4n) is 1.85. The van der Waals surface area contributed by atoms with Crippen molar-refractivity contribution in [3.63, 3.8) is 0 Å². The number of ether oxygens (including phenoxy) is 2. The van der Waals surface area contributed by atoms with Crippen LogP contribution in [0.4, 0.5) is 0 Å². The van der Waals surface area contributed by atoms with Gasteiger partial charge < -0.3 is 19.9 Å². The molecule has 0 rings (SSSR count). The summed E-state index contributed by atoms with van der Waals surface area (Å²) in [4.78, 5) is 9.97. The van der Waals surface area contributed by atoms with Gasteiger partial charge in [-0.3, -0.25) is 0 Å². The number of carboxylic acid groups (broad SMARTS) is 1. The second-order valence-corrected chi connectivity index (χ2v) is 7.14. The standard InChI is InChI=1S/C13H22O2.C8H15N.C6H8O2.C3H6.C2H6/c1-4-6-8-11-15-13(3)9-12-14-10-7-5-2;1-5-6-8(9-4)7(2)3;1-3-4-5(2)6(7)8;1-3-2;1-2/h4-6,9H,2,7-8,10-12H2,1,3H3;5-6,9H,1-4H3;3-4H,1H2,2H3,(H,7,8);3H,1H2,2H3;1-2H3/b6-4-,13-9+;6-5-;5-4+;;. The van der Waals surface area contributed by atoms with Crippen molar-refractivity contribution in [1.82, 2.24) is 5.32 Å². The van der Waals surface area contributed by atoms with Crippen molar-refractivity contribution < 1.29 is 19.4 Å². The molecular weight excluding hydrogens is 462 g/mol. The lowest BCUT2D eigenvalue weighted by Gasteiger charge is -2.04. The maximum atomic E-state index is 9.97. The first-order valence-corrected chi connectivity index (χ1v) is 12.8. The number of hydrogen-bond donors (Lipinski definition) is 2. The molecule has 0 heterocycles. The minimum Gasteiger partial charge on any atom is -0.498 e. The quantitative estimate of drug-likeness (QED) is 0.0835. The molecule has 0 unspecified atom stereocenters. The largest absolute Gasteiger partial charge is 0.498 e. The summed E-state index contributed by atoms with van der Waals surface area (Å²) in [5.74, 6) is 0.0306. The summed E-state index contributed by atoms with van der Waals surface area (Å²) < 4.78 is 10.8. The van der Waals surface area contributed by atoms with Gasteiger partial charge in [0, 0.05) is 18.3 Å². The average molecular weight is 520 g/mol. The van der Waals surface area contributed by atoms with Gasteiger partial charge in [0.15, 0.2) is 0 Å². The molecule has 0 radical (unpaired) electrons. The van der Waals surface area contributed by atoms with Crippen molar-refractivity contribution in [2.75, 3.05) is 26.9 Å². The van der Waals surface area contributed by atoms with Crippen LogP contribution in [0.3, 0.4) is 0 Å². The molecule has 5 nitrogen and oxygen atoms in total. The second kappa shape index (κ2) is 40.1. The Labute approximate surface area is 229 Å². The molecule has 0 aromatic heterocycles. The molecule has 0 spiro atoms. The molecule has 5 heteroatoms. The Hall–Kier alpha value is -3.05. The lowest BCUT2D eigenvalue weighted by molar-refractivity contribution is -0.132. The Bertz CT molecular complexity index is 692. The molecule has 37 heavy (non-hydrogen) atoms. The van der Waals surface area contributed by atoms with Crippen LogP contribution in [0.1, 0.15) is 75.2 Å². The van der Waals surface area contributed by atoms with Crippen molar-refractivity contribution in [2.24, 2.45) is 0 Å². The molecule has 0 atom stereocenters. The van der Waals surface area contributed by atoms with Gasteiger partial charge in [-0.1, -0.05) is 68.5 Å². The fourth-order valence-corrected chi connectivity index (χ4v) is 1.85. The predicted octanol–water partition coefficient (Wildman–Crippen LogP) is 8.96. The minimum atomic E-state index is -0.898. The molecule has 0 saturated heterocycles. The average Bonchev–Trinajstić information content (AvgIpc) is 2.87. The zero-order chi connectivity index (χ0) is 29.9. The van der Waals surface area contributed by atoms with E-state index in [1.54, 1.807) is 6.08 Å². The number of hydrogen-bond acceptors (Lipinski definition) is 4. The number of likely N-dealkylation sites (N-methyl/N-ethyl adjacent to an activating group) is 1. The van der Waals surface area contributed by atoms with Crippen molar-refractivity contribution in [3.05, 3.63) is 97.0 Å². The monoisotopic (exact) mass is 519 g/mol. The van der Waals surface area contributed by atoms with Crippen LogP contribution in [0.15, 0.2) is 97.0 Å². The lowest BCUT2D eigenvalue weighted by atomic mass is 10.2. The molecule has 0 amide bonds. The van der Waals surface area contributed by atoms with Gasteiger partial charge in [0.2, 0.25) is 0 Å². The van der Waals surface area contributed by atoms with Gasteiger partial charge >= 0.3 is 5.97 Å². The van der Waals surface area contributed by atoms with Crippen LogP contribution in [0.2, 0.25) is 0 Å². The number of nitrogens with one attached hydrogen (secondary N) is 1. The summed E-state index contributed by atoms with van der Waals surface area (Å²) in [6.07, 6.45) is 18.5. The third kappa shape index (κ3) is 46.9. The summed E-state index contributed by atoms with van der Waals surface area (Å²) in [5.41, 5.74) is 2.83. The van der Waals surface area contributed by atoms with E-state index in [0.717, 1.165) is 31.8 Å². The number of carbonyl (C=O) groups is 1. The number of carboxylic acids is 1. The Morgan fingerprint density at radius 3 is 1.84 bits per heavy atom. The Balaban J connectivity index is -0.000000133. The van der Waals surface area contributed by atoms with Crippen LogP contribution in [-0.4, -0.2) is 37.9 Å². The summed E-state index contributed by atoms with van der Waals surface area (Å²) >= 11 is 0. The molecule has 0 aliphatic carbocycles. The van der Waals surface area contributed by atoms with E-state index in [1.807, 2.05) is 72.9 Å². The van der Waals surface area contributed by atoms with Gasteiger partial charge in [0.25, 0.3) is 0 Å². The molecule has 0 aliphatic heterocycles. The molecule has 0 aliphatic rings. The zero-order valence-corrected chi connectivity index (χ0v) is 25.5.